The van der Waals surface area contributed by atoms with E-state index in [2.05, 4.69) is 4.98 Å². The fraction of sp³-hybridized carbons (Fsp3) is 0.583. The molecule has 0 unspecified atom stereocenters. The molecule has 1 aliphatic rings. The lowest BCUT2D eigenvalue weighted by atomic mass is 9.88. The number of nitrogens with zero attached hydrogens (tertiary/aromatic N) is 1. The third kappa shape index (κ3) is 3.13. The predicted octanol–water partition coefficient (Wildman–Crippen LogP) is 3.37. The number of halogens is 4. The van der Waals surface area contributed by atoms with Crippen LogP contribution in [0.15, 0.2) is 11.9 Å². The molecule has 0 aromatic carbocycles. The Bertz CT molecular complexity index is 550. The average Bonchev–Trinajstić information content (AvgIpc) is 2.82. The van der Waals surface area contributed by atoms with Crippen LogP contribution in [-0.4, -0.2) is 28.3 Å². The normalized spacial score (nSPS) is 21.9. The van der Waals surface area contributed by atoms with E-state index in [1.165, 1.54) is 0 Å². The quantitative estimate of drug-likeness (QED) is 0.673. The number of hydrogen-bond donors (Lipinski definition) is 1. The summed E-state index contributed by atoms with van der Waals surface area (Å²) in [5, 5.41) is 0. The van der Waals surface area contributed by atoms with E-state index in [0.29, 0.717) is 6.20 Å². The zero-order valence-corrected chi connectivity index (χ0v) is 12.0. The fourth-order valence-corrected chi connectivity index (χ4v) is 1.71. The number of aromatic nitrogens is 2. The van der Waals surface area contributed by atoms with Crippen molar-refractivity contribution in [3.8, 4) is 0 Å². The highest BCUT2D eigenvalue weighted by molar-refractivity contribution is 6.54. The van der Waals surface area contributed by atoms with Gasteiger partial charge in [0.25, 0.3) is 0 Å². The van der Waals surface area contributed by atoms with Crippen LogP contribution in [0.3, 0.4) is 0 Å². The molecule has 0 spiro atoms. The maximum Gasteiger partial charge on any atom is 0.525 e. The minimum atomic E-state index is -4.56. The molecule has 21 heavy (non-hydrogen) atoms. The van der Waals surface area contributed by atoms with Crippen molar-refractivity contribution in [1.29, 1.82) is 0 Å². The molecule has 9 heteroatoms. The van der Waals surface area contributed by atoms with E-state index >= 15 is 0 Å². The number of aromatic amines is 1. The summed E-state index contributed by atoms with van der Waals surface area (Å²) in [6, 6.07) is 0. The molecule has 0 bridgehead atoms. The third-order valence-electron chi connectivity index (χ3n) is 3.65. The Morgan fingerprint density at radius 1 is 1.24 bits per heavy atom. The molecule has 1 saturated heterocycles. The second-order valence-corrected chi connectivity index (χ2v) is 5.80. The second-order valence-electron chi connectivity index (χ2n) is 5.80. The molecule has 1 aromatic heterocycles. The molecule has 1 fully saturated rings. The first kappa shape index (κ1) is 16.0. The van der Waals surface area contributed by atoms with Crippen molar-refractivity contribution in [2.75, 3.05) is 0 Å². The highest BCUT2D eigenvalue weighted by Crippen LogP contribution is 2.39. The number of imidazole rings is 1. The lowest BCUT2D eigenvalue weighted by molar-refractivity contribution is -0.140. The summed E-state index contributed by atoms with van der Waals surface area (Å²) in [5.74, 6) is -0.255. The van der Waals surface area contributed by atoms with Crippen LogP contribution in [0.4, 0.5) is 17.6 Å². The molecule has 1 aliphatic heterocycles. The molecule has 0 radical (unpaired) electrons. The van der Waals surface area contributed by atoms with E-state index in [-0.39, 0.29) is 5.82 Å². The molecule has 0 saturated carbocycles. The van der Waals surface area contributed by atoms with Crippen LogP contribution in [0.5, 0.6) is 0 Å². The maximum absolute atomic E-state index is 14.1. The van der Waals surface area contributed by atoms with Gasteiger partial charge in [0.05, 0.1) is 17.4 Å². The topological polar surface area (TPSA) is 47.1 Å². The molecule has 116 valence electrons. The maximum atomic E-state index is 14.1. The average molecular weight is 306 g/mol. The molecule has 1 N–H and O–H groups in total. The molecule has 0 atom stereocenters. The van der Waals surface area contributed by atoms with Gasteiger partial charge in [-0.1, -0.05) is 0 Å². The Morgan fingerprint density at radius 2 is 1.76 bits per heavy atom. The molecule has 4 nitrogen and oxygen atoms in total. The monoisotopic (exact) mass is 306 g/mol. The number of alkyl halides is 3. The van der Waals surface area contributed by atoms with Crippen molar-refractivity contribution >= 4 is 13.2 Å². The van der Waals surface area contributed by atoms with E-state index in [1.54, 1.807) is 27.7 Å². The number of H-pyrrole nitrogens is 1. The van der Waals surface area contributed by atoms with Gasteiger partial charge in [-0.3, -0.25) is 0 Å². The van der Waals surface area contributed by atoms with E-state index in [1.807, 2.05) is 4.98 Å². The molecule has 0 aliphatic carbocycles. The fourth-order valence-electron chi connectivity index (χ4n) is 1.71. The van der Waals surface area contributed by atoms with Crippen LogP contribution in [-0.2, 0) is 15.5 Å². The summed E-state index contributed by atoms with van der Waals surface area (Å²) >= 11 is 0. The zero-order chi connectivity index (χ0) is 16.1. The Morgan fingerprint density at radius 3 is 2.19 bits per heavy atom. The molecule has 2 heterocycles. The van der Waals surface area contributed by atoms with Gasteiger partial charge in [-0.15, -0.1) is 0 Å². The second kappa shape index (κ2) is 4.84. The van der Waals surface area contributed by atoms with Crippen molar-refractivity contribution in [3.63, 3.8) is 0 Å². The first-order valence-electron chi connectivity index (χ1n) is 6.27. The summed E-state index contributed by atoms with van der Waals surface area (Å²) < 4.78 is 62.2. The SMILES string of the molecule is CC1(C)OB(C(F)=Cc2ncc(C(F)(F)F)[nH]2)OC1(C)C. The van der Waals surface area contributed by atoms with Gasteiger partial charge in [0.1, 0.15) is 17.2 Å². The van der Waals surface area contributed by atoms with E-state index in [0.717, 1.165) is 6.08 Å². The zero-order valence-electron chi connectivity index (χ0n) is 12.0. The Balaban J connectivity index is 2.18. The third-order valence-corrected chi connectivity index (χ3v) is 3.65. The van der Waals surface area contributed by atoms with Gasteiger partial charge in [0.2, 0.25) is 0 Å². The van der Waals surface area contributed by atoms with Gasteiger partial charge in [-0.05, 0) is 27.7 Å². The molecular formula is C12H15BF4N2O2. The summed E-state index contributed by atoms with van der Waals surface area (Å²) in [6.45, 7) is 6.98. The van der Waals surface area contributed by atoms with Gasteiger partial charge in [-0.2, -0.15) is 13.2 Å². The van der Waals surface area contributed by atoms with Gasteiger partial charge >= 0.3 is 13.3 Å². The van der Waals surface area contributed by atoms with Gasteiger partial charge in [0.15, 0.2) is 0 Å². The van der Waals surface area contributed by atoms with E-state index < -0.39 is 35.9 Å². The highest BCUT2D eigenvalue weighted by atomic mass is 19.4. The van der Waals surface area contributed by atoms with Crippen LogP contribution >= 0.6 is 0 Å². The van der Waals surface area contributed by atoms with Crippen molar-refractivity contribution in [3.05, 3.63) is 23.4 Å². The smallest absolute Gasteiger partial charge is 0.398 e. The molecule has 1 aromatic rings. The summed E-state index contributed by atoms with van der Waals surface area (Å²) in [6.07, 6.45) is -3.12. The van der Waals surface area contributed by atoms with Gasteiger partial charge in [0, 0.05) is 6.08 Å². The highest BCUT2D eigenvalue weighted by Gasteiger charge is 2.53. The van der Waals surface area contributed by atoms with Crippen LogP contribution in [0.1, 0.15) is 39.2 Å². The molecule has 2 rings (SSSR count). The van der Waals surface area contributed by atoms with Crippen molar-refractivity contribution < 1.29 is 26.9 Å². The van der Waals surface area contributed by atoms with Gasteiger partial charge < -0.3 is 14.3 Å². The number of hydrogen-bond acceptors (Lipinski definition) is 3. The first-order valence-corrected chi connectivity index (χ1v) is 6.27. The number of nitrogens with one attached hydrogen (secondary N) is 1. The van der Waals surface area contributed by atoms with Crippen molar-refractivity contribution in [2.24, 2.45) is 0 Å². The summed E-state index contributed by atoms with van der Waals surface area (Å²) in [4.78, 5) is 5.45. The summed E-state index contributed by atoms with van der Waals surface area (Å²) in [7, 11) is -1.27. The van der Waals surface area contributed by atoms with Crippen molar-refractivity contribution in [2.45, 2.75) is 45.1 Å². The van der Waals surface area contributed by atoms with Crippen molar-refractivity contribution in [1.82, 2.24) is 9.97 Å². The minimum absolute atomic E-state index is 0.255. The van der Waals surface area contributed by atoms with Crippen LogP contribution in [0.2, 0.25) is 0 Å². The first-order chi connectivity index (χ1) is 9.42. The minimum Gasteiger partial charge on any atom is -0.398 e. The summed E-state index contributed by atoms with van der Waals surface area (Å²) in [5.41, 5.74) is -3.36. The Hall–Kier alpha value is -1.35. The lowest BCUT2D eigenvalue weighted by Gasteiger charge is -2.32. The number of rotatable bonds is 2. The van der Waals surface area contributed by atoms with E-state index in [9.17, 15) is 17.6 Å². The Kier molecular flexibility index (Phi) is 3.70. The van der Waals surface area contributed by atoms with Gasteiger partial charge in [-0.25, -0.2) is 9.37 Å². The van der Waals surface area contributed by atoms with Crippen LogP contribution in [0.25, 0.3) is 6.08 Å². The van der Waals surface area contributed by atoms with Crippen LogP contribution < -0.4 is 0 Å². The molecular weight excluding hydrogens is 291 g/mol. The predicted molar refractivity (Wildman–Crippen MR) is 68.8 cm³/mol. The Labute approximate surface area is 119 Å². The lowest BCUT2D eigenvalue weighted by Crippen LogP contribution is -2.41. The largest absolute Gasteiger partial charge is 0.525 e. The molecule has 0 amide bonds. The van der Waals surface area contributed by atoms with Crippen LogP contribution in [0, 0.1) is 0 Å². The van der Waals surface area contributed by atoms with E-state index in [4.69, 9.17) is 9.31 Å². The standard InChI is InChI=1S/C12H15BF4N2O2/c1-10(2)11(3,4)21-13(20-10)8(14)5-9-18-6-7(19-9)12(15,16)17/h5-6H,1-4H3,(H,18,19).